The molecule has 0 aliphatic rings. The molecule has 0 radical (unpaired) electrons. The number of carbonyl (C=O) groups excluding carboxylic acids is 1. The van der Waals surface area contributed by atoms with Crippen LogP contribution < -0.4 is 5.32 Å². The molecule has 3 heterocycles. The number of aryl methyl sites for hydroxylation is 3. The van der Waals surface area contributed by atoms with Crippen molar-refractivity contribution < 1.29 is 26.7 Å². The Labute approximate surface area is 171 Å². The average molecular weight is 451 g/mol. The van der Waals surface area contributed by atoms with Crippen molar-refractivity contribution in [1.82, 2.24) is 29.7 Å². The lowest BCUT2D eigenvalue weighted by Gasteiger charge is -2.10. The van der Waals surface area contributed by atoms with Gasteiger partial charge in [0.1, 0.15) is 5.69 Å². The molecule has 0 aliphatic heterocycles. The molecule has 0 fully saturated rings. The highest BCUT2D eigenvalue weighted by molar-refractivity contribution is 6.21. The minimum absolute atomic E-state index is 0.0299. The Morgan fingerprint density at radius 2 is 1.83 bits per heavy atom. The monoisotopic (exact) mass is 450 g/mol. The quantitative estimate of drug-likeness (QED) is 0.353. The molecule has 0 unspecified atom stereocenters. The molecule has 162 valence electrons. The summed E-state index contributed by atoms with van der Waals surface area (Å²) in [6.45, 7) is 3.26. The molecule has 13 heteroatoms. The van der Waals surface area contributed by atoms with E-state index in [1.807, 2.05) is 0 Å². The van der Waals surface area contributed by atoms with Gasteiger partial charge in [-0.25, -0.2) is 9.50 Å². The van der Waals surface area contributed by atoms with Gasteiger partial charge < -0.3 is 5.32 Å². The molecule has 0 aliphatic carbocycles. The number of fused-ring (bicyclic) bond motifs is 1. The molecule has 30 heavy (non-hydrogen) atoms. The van der Waals surface area contributed by atoms with E-state index >= 15 is 0 Å². The molecule has 0 saturated heterocycles. The van der Waals surface area contributed by atoms with Crippen LogP contribution in [0.25, 0.3) is 5.65 Å². The number of aromatic nitrogens is 5. The van der Waals surface area contributed by atoms with Gasteiger partial charge in [0.15, 0.2) is 17.0 Å². The number of rotatable bonds is 6. The summed E-state index contributed by atoms with van der Waals surface area (Å²) >= 11 is 5.10. The third-order valence-corrected chi connectivity index (χ3v) is 4.38. The summed E-state index contributed by atoms with van der Waals surface area (Å²) in [5, 5.41) is 6.16. The molecule has 1 amide bonds. The maximum Gasteiger partial charge on any atom is 0.435 e. The van der Waals surface area contributed by atoms with Crippen molar-refractivity contribution in [3.05, 3.63) is 46.7 Å². The van der Waals surface area contributed by atoms with Crippen LogP contribution in [0.1, 0.15) is 39.7 Å². The summed E-state index contributed by atoms with van der Waals surface area (Å²) in [6, 6.07) is 3.24. The molecule has 0 spiro atoms. The number of nitrogens with zero attached hydrogens (tertiary/aromatic N) is 5. The number of amides is 1. The van der Waals surface area contributed by atoms with Crippen molar-refractivity contribution >= 4 is 23.2 Å². The minimum Gasteiger partial charge on any atom is -0.351 e. The van der Waals surface area contributed by atoms with Crippen LogP contribution in [-0.4, -0.2) is 36.8 Å². The summed E-state index contributed by atoms with van der Waals surface area (Å²) in [4.78, 5) is 16.3. The van der Waals surface area contributed by atoms with Gasteiger partial charge in [0, 0.05) is 30.5 Å². The van der Waals surface area contributed by atoms with E-state index in [1.165, 1.54) is 24.6 Å². The summed E-state index contributed by atoms with van der Waals surface area (Å²) in [7, 11) is 0. The van der Waals surface area contributed by atoms with Crippen molar-refractivity contribution in [2.45, 2.75) is 38.4 Å². The molecule has 7 nitrogen and oxygen atoms in total. The predicted molar refractivity (Wildman–Crippen MR) is 96.4 cm³/mol. The van der Waals surface area contributed by atoms with Crippen LogP contribution in [0.4, 0.5) is 22.0 Å². The lowest BCUT2D eigenvalue weighted by molar-refractivity contribution is -0.141. The van der Waals surface area contributed by atoms with E-state index in [2.05, 4.69) is 20.5 Å². The molecule has 0 saturated carbocycles. The minimum atomic E-state index is -4.53. The van der Waals surface area contributed by atoms with Gasteiger partial charge in [-0.05, 0) is 44.0 Å². The standard InChI is InChI=1S/C17H16ClF5N6O/c1-9-6-13(16(18,19)20)29-14(25-9)8-11(26-29)15(30)24-4-3-5-28-10(2)7-12(27-28)17(21,22)23/h6-8H,3-5H2,1-2H3,(H,24,30). The molecule has 1 N–H and O–H groups in total. The number of hydrogen-bond donors (Lipinski definition) is 1. The Morgan fingerprint density at radius 3 is 2.43 bits per heavy atom. The zero-order valence-corrected chi connectivity index (χ0v) is 16.5. The van der Waals surface area contributed by atoms with Gasteiger partial charge in [-0.1, -0.05) is 0 Å². The zero-order valence-electron chi connectivity index (χ0n) is 15.8. The number of halogens is 6. The fourth-order valence-corrected chi connectivity index (χ4v) is 2.94. The maximum absolute atomic E-state index is 13.6. The molecule has 0 bridgehead atoms. The van der Waals surface area contributed by atoms with Crippen molar-refractivity contribution in [3.63, 3.8) is 0 Å². The molecule has 3 aromatic rings. The highest BCUT2D eigenvalue weighted by atomic mass is 35.5. The predicted octanol–water partition coefficient (Wildman–Crippen LogP) is 3.67. The second-order valence-electron chi connectivity index (χ2n) is 6.58. The Hall–Kier alpha value is -2.76. The van der Waals surface area contributed by atoms with Crippen LogP contribution in [0.15, 0.2) is 18.2 Å². The summed E-state index contributed by atoms with van der Waals surface area (Å²) in [5.74, 6) is -0.643. The van der Waals surface area contributed by atoms with E-state index in [0.717, 1.165) is 16.6 Å². The van der Waals surface area contributed by atoms with Crippen LogP contribution in [0, 0.1) is 13.8 Å². The smallest absolute Gasteiger partial charge is 0.351 e. The van der Waals surface area contributed by atoms with Gasteiger partial charge >= 0.3 is 11.6 Å². The largest absolute Gasteiger partial charge is 0.435 e. The third kappa shape index (κ3) is 4.69. The highest BCUT2D eigenvalue weighted by Gasteiger charge is 2.34. The fourth-order valence-electron chi connectivity index (χ4n) is 2.81. The van der Waals surface area contributed by atoms with E-state index in [9.17, 15) is 26.7 Å². The zero-order chi connectivity index (χ0) is 22.3. The third-order valence-electron chi connectivity index (χ3n) is 4.18. The number of hydrogen-bond acceptors (Lipinski definition) is 4. The lowest BCUT2D eigenvalue weighted by atomic mass is 10.3. The molecule has 3 aromatic heterocycles. The van der Waals surface area contributed by atoms with E-state index < -0.39 is 28.9 Å². The van der Waals surface area contributed by atoms with E-state index in [-0.39, 0.29) is 30.1 Å². The average Bonchev–Trinajstić information content (AvgIpc) is 3.20. The molecule has 3 rings (SSSR count). The normalized spacial score (nSPS) is 12.5. The van der Waals surface area contributed by atoms with Crippen molar-refractivity contribution in [2.75, 3.05) is 6.54 Å². The Kier molecular flexibility index (Phi) is 5.72. The maximum atomic E-state index is 13.6. The summed E-state index contributed by atoms with van der Waals surface area (Å²) in [5.41, 5.74) is -1.11. The first-order valence-electron chi connectivity index (χ1n) is 8.71. The second kappa shape index (κ2) is 7.82. The Bertz CT molecular complexity index is 1080. The van der Waals surface area contributed by atoms with Crippen LogP contribution in [0.3, 0.4) is 0 Å². The first kappa shape index (κ1) is 21.9. The fraction of sp³-hybridized carbons (Fsp3) is 0.412. The second-order valence-corrected chi connectivity index (χ2v) is 7.06. The number of alkyl halides is 6. The van der Waals surface area contributed by atoms with Gasteiger partial charge in [0.05, 0.1) is 0 Å². The first-order chi connectivity index (χ1) is 13.9. The van der Waals surface area contributed by atoms with E-state index in [1.54, 1.807) is 0 Å². The Morgan fingerprint density at radius 1 is 1.13 bits per heavy atom. The van der Waals surface area contributed by atoms with E-state index in [4.69, 9.17) is 11.6 Å². The molecule has 0 atom stereocenters. The van der Waals surface area contributed by atoms with Crippen molar-refractivity contribution in [3.8, 4) is 0 Å². The Balaban J connectivity index is 1.65. The van der Waals surface area contributed by atoms with Gasteiger partial charge in [0.2, 0.25) is 0 Å². The number of nitrogens with one attached hydrogen (secondary N) is 1. The van der Waals surface area contributed by atoms with Crippen molar-refractivity contribution in [2.24, 2.45) is 0 Å². The lowest BCUT2D eigenvalue weighted by Crippen LogP contribution is -2.26. The van der Waals surface area contributed by atoms with Crippen LogP contribution in [-0.2, 0) is 18.1 Å². The topological polar surface area (TPSA) is 77.1 Å². The van der Waals surface area contributed by atoms with Crippen LogP contribution in [0.5, 0.6) is 0 Å². The summed E-state index contributed by atoms with van der Waals surface area (Å²) < 4.78 is 67.2. The number of carbonyl (C=O) groups is 1. The van der Waals surface area contributed by atoms with Crippen LogP contribution in [0.2, 0.25) is 0 Å². The van der Waals surface area contributed by atoms with E-state index in [0.29, 0.717) is 12.1 Å². The van der Waals surface area contributed by atoms with Crippen LogP contribution >= 0.6 is 11.6 Å². The SMILES string of the molecule is Cc1cc(C(F)(F)Cl)n2nc(C(=O)NCCCn3nc(C(F)(F)F)cc3C)cc2n1. The molecular weight excluding hydrogens is 435 g/mol. The van der Waals surface area contributed by atoms with Gasteiger partial charge in [-0.2, -0.15) is 32.1 Å². The van der Waals surface area contributed by atoms with Gasteiger partial charge in [-0.15, -0.1) is 0 Å². The van der Waals surface area contributed by atoms with Gasteiger partial charge in [-0.3, -0.25) is 9.48 Å². The summed E-state index contributed by atoms with van der Waals surface area (Å²) in [6.07, 6.45) is -4.24. The molecule has 0 aromatic carbocycles. The van der Waals surface area contributed by atoms with Crippen molar-refractivity contribution in [1.29, 1.82) is 0 Å². The van der Waals surface area contributed by atoms with Gasteiger partial charge in [0.25, 0.3) is 5.91 Å². The highest BCUT2D eigenvalue weighted by Crippen LogP contribution is 2.32. The molecular formula is C17H16ClF5N6O. The first-order valence-corrected chi connectivity index (χ1v) is 9.08.